The summed E-state index contributed by atoms with van der Waals surface area (Å²) in [6, 6.07) is 0. The zero-order chi connectivity index (χ0) is 9.00. The zero-order valence-electron chi connectivity index (χ0n) is 6.96. The van der Waals surface area contributed by atoms with Crippen molar-refractivity contribution < 1.29 is 9.13 Å². The van der Waals surface area contributed by atoms with Gasteiger partial charge in [-0.25, -0.2) is 4.39 Å². The van der Waals surface area contributed by atoms with Crippen LogP contribution in [0.1, 0.15) is 11.6 Å². The summed E-state index contributed by atoms with van der Waals surface area (Å²) in [4.78, 5) is 0. The van der Waals surface area contributed by atoms with Crippen LogP contribution >= 0.6 is 0 Å². The number of nitrogens with one attached hydrogen (secondary N) is 1. The van der Waals surface area contributed by atoms with Gasteiger partial charge in [-0.1, -0.05) is 0 Å². The first-order valence-electron chi connectivity index (χ1n) is 4.36. The molecule has 1 saturated heterocycles. The Labute approximate surface area is 74.3 Å². The molecule has 0 bridgehead atoms. The molecule has 2 heterocycles. The van der Waals surface area contributed by atoms with Crippen LogP contribution in [-0.2, 0) is 4.74 Å². The number of rotatable bonds is 1. The Bertz CT molecular complexity index is 341. The largest absolute Gasteiger partial charge is 0.381 e. The minimum absolute atomic E-state index is 0.0270. The second-order valence-electron chi connectivity index (χ2n) is 3.73. The van der Waals surface area contributed by atoms with Crippen molar-refractivity contribution in [3.8, 4) is 0 Å². The highest BCUT2D eigenvalue weighted by molar-refractivity contribution is 5.36. The van der Waals surface area contributed by atoms with Crippen LogP contribution in [0.3, 0.4) is 0 Å². The van der Waals surface area contributed by atoms with Gasteiger partial charge in [-0.15, -0.1) is 0 Å². The highest BCUT2D eigenvalue weighted by Crippen LogP contribution is 2.57. The van der Waals surface area contributed by atoms with Crippen LogP contribution in [0, 0.1) is 17.7 Å². The summed E-state index contributed by atoms with van der Waals surface area (Å²) in [5.41, 5.74) is 5.87. The summed E-state index contributed by atoms with van der Waals surface area (Å²) < 4.78 is 18.5. The van der Waals surface area contributed by atoms with Gasteiger partial charge in [0.15, 0.2) is 11.6 Å². The standard InChI is InChI=1S/C8H10FN3O/c9-6-7(11-12-8(6)10)5-3-1-13-2-4(3)5/h3-5H,1-2H2,(H3,10,11,12). The van der Waals surface area contributed by atoms with Gasteiger partial charge in [0.2, 0.25) is 0 Å². The quantitative estimate of drug-likeness (QED) is 0.666. The third-order valence-electron chi connectivity index (χ3n) is 3.04. The van der Waals surface area contributed by atoms with Crippen molar-refractivity contribution in [1.29, 1.82) is 0 Å². The van der Waals surface area contributed by atoms with Crippen molar-refractivity contribution in [2.75, 3.05) is 18.9 Å². The van der Waals surface area contributed by atoms with Gasteiger partial charge in [-0.3, -0.25) is 5.10 Å². The molecule has 0 amide bonds. The Balaban J connectivity index is 1.91. The highest BCUT2D eigenvalue weighted by Gasteiger charge is 2.56. The number of nitrogens with zero attached hydrogens (tertiary/aromatic N) is 1. The number of anilines is 1. The fraction of sp³-hybridized carbons (Fsp3) is 0.625. The van der Waals surface area contributed by atoms with Crippen LogP contribution in [0.2, 0.25) is 0 Å². The van der Waals surface area contributed by atoms with E-state index < -0.39 is 0 Å². The highest BCUT2D eigenvalue weighted by atomic mass is 19.1. The van der Waals surface area contributed by atoms with Crippen molar-refractivity contribution in [1.82, 2.24) is 10.2 Å². The number of fused-ring (bicyclic) bond motifs is 1. The second-order valence-corrected chi connectivity index (χ2v) is 3.73. The van der Waals surface area contributed by atoms with Crippen LogP contribution in [0.25, 0.3) is 0 Å². The maximum atomic E-state index is 13.3. The number of aromatic nitrogens is 2. The molecule has 2 fully saturated rings. The second kappa shape index (κ2) is 2.23. The van der Waals surface area contributed by atoms with Crippen molar-refractivity contribution in [2.24, 2.45) is 11.8 Å². The minimum Gasteiger partial charge on any atom is -0.381 e. The monoisotopic (exact) mass is 183 g/mol. The lowest BCUT2D eigenvalue weighted by molar-refractivity contribution is 0.159. The average Bonchev–Trinajstić information content (AvgIpc) is 2.49. The number of hydrogen-bond donors (Lipinski definition) is 2. The van der Waals surface area contributed by atoms with Crippen LogP contribution in [0.15, 0.2) is 0 Å². The maximum absolute atomic E-state index is 13.3. The average molecular weight is 183 g/mol. The first kappa shape index (κ1) is 7.32. The molecule has 2 aliphatic rings. The van der Waals surface area contributed by atoms with Gasteiger partial charge in [0, 0.05) is 5.92 Å². The third kappa shape index (κ3) is 0.848. The van der Waals surface area contributed by atoms with E-state index in [-0.39, 0.29) is 17.6 Å². The molecule has 5 heteroatoms. The molecule has 1 saturated carbocycles. The summed E-state index contributed by atoms with van der Waals surface area (Å²) in [5.74, 6) is 0.822. The van der Waals surface area contributed by atoms with E-state index in [0.717, 1.165) is 13.2 Å². The molecule has 2 atom stereocenters. The van der Waals surface area contributed by atoms with Gasteiger partial charge in [0.05, 0.1) is 18.9 Å². The van der Waals surface area contributed by atoms with Gasteiger partial charge in [-0.05, 0) is 11.8 Å². The molecule has 0 spiro atoms. The van der Waals surface area contributed by atoms with Crippen LogP contribution in [0.4, 0.5) is 10.2 Å². The summed E-state index contributed by atoms with van der Waals surface area (Å²) in [7, 11) is 0. The summed E-state index contributed by atoms with van der Waals surface area (Å²) in [6.45, 7) is 1.49. The van der Waals surface area contributed by atoms with E-state index in [0.29, 0.717) is 17.5 Å². The number of aromatic amines is 1. The van der Waals surface area contributed by atoms with E-state index >= 15 is 0 Å². The molecular weight excluding hydrogens is 173 g/mol. The fourth-order valence-corrected chi connectivity index (χ4v) is 2.25. The number of ether oxygens (including phenoxy) is 1. The number of halogens is 1. The van der Waals surface area contributed by atoms with E-state index in [1.54, 1.807) is 0 Å². The van der Waals surface area contributed by atoms with Gasteiger partial charge in [0.1, 0.15) is 0 Å². The molecule has 70 valence electrons. The van der Waals surface area contributed by atoms with Gasteiger partial charge in [-0.2, -0.15) is 5.10 Å². The summed E-state index contributed by atoms with van der Waals surface area (Å²) in [5, 5.41) is 6.30. The van der Waals surface area contributed by atoms with E-state index in [1.165, 1.54) is 0 Å². The van der Waals surface area contributed by atoms with Crippen LogP contribution in [0.5, 0.6) is 0 Å². The number of nitrogens with two attached hydrogens (primary N) is 1. The number of hydrogen-bond acceptors (Lipinski definition) is 3. The SMILES string of the molecule is Nc1n[nH]c(C2C3COCC32)c1F. The van der Waals surface area contributed by atoms with Gasteiger partial charge >= 0.3 is 0 Å². The molecule has 13 heavy (non-hydrogen) atoms. The molecule has 0 radical (unpaired) electrons. The molecule has 3 rings (SSSR count). The lowest BCUT2D eigenvalue weighted by Crippen LogP contribution is -1.99. The van der Waals surface area contributed by atoms with E-state index in [2.05, 4.69) is 10.2 Å². The topological polar surface area (TPSA) is 63.9 Å². The van der Waals surface area contributed by atoms with Gasteiger partial charge in [0.25, 0.3) is 0 Å². The number of nitrogen functional groups attached to an aromatic ring is 1. The molecule has 0 aromatic carbocycles. The molecule has 1 aromatic heterocycles. The third-order valence-corrected chi connectivity index (χ3v) is 3.04. The van der Waals surface area contributed by atoms with E-state index in [4.69, 9.17) is 10.5 Å². The van der Waals surface area contributed by atoms with Crippen molar-refractivity contribution >= 4 is 5.82 Å². The van der Waals surface area contributed by atoms with E-state index in [9.17, 15) is 4.39 Å². The molecule has 2 unspecified atom stereocenters. The van der Waals surface area contributed by atoms with Crippen LogP contribution in [-0.4, -0.2) is 23.4 Å². The summed E-state index contributed by atoms with van der Waals surface area (Å²) >= 11 is 0. The van der Waals surface area contributed by atoms with Gasteiger partial charge < -0.3 is 10.5 Å². The smallest absolute Gasteiger partial charge is 0.188 e. The molecule has 1 aliphatic carbocycles. The first-order chi connectivity index (χ1) is 6.29. The first-order valence-corrected chi connectivity index (χ1v) is 4.36. The molecule has 4 nitrogen and oxygen atoms in total. The molecule has 1 aromatic rings. The van der Waals surface area contributed by atoms with E-state index in [1.807, 2.05) is 0 Å². The predicted octanol–water partition coefficient (Wildman–Crippen LogP) is 0.491. The van der Waals surface area contributed by atoms with Crippen molar-refractivity contribution in [3.05, 3.63) is 11.5 Å². The predicted molar refractivity (Wildman–Crippen MR) is 43.5 cm³/mol. The van der Waals surface area contributed by atoms with Crippen molar-refractivity contribution in [3.63, 3.8) is 0 Å². The number of H-pyrrole nitrogens is 1. The molecule has 1 aliphatic heterocycles. The Morgan fingerprint density at radius 3 is 2.69 bits per heavy atom. The fourth-order valence-electron chi connectivity index (χ4n) is 2.25. The lowest BCUT2D eigenvalue weighted by Gasteiger charge is -2.00. The molecular formula is C8H10FN3O. The maximum Gasteiger partial charge on any atom is 0.188 e. The minimum atomic E-state index is -0.376. The normalized spacial score (nSPS) is 36.2. The Hall–Kier alpha value is -1.10. The van der Waals surface area contributed by atoms with Crippen molar-refractivity contribution in [2.45, 2.75) is 5.92 Å². The lowest BCUT2D eigenvalue weighted by atomic mass is 10.2. The van der Waals surface area contributed by atoms with Crippen LogP contribution < -0.4 is 5.73 Å². The molecule has 3 N–H and O–H groups in total. The Kier molecular flexibility index (Phi) is 1.25. The Morgan fingerprint density at radius 1 is 1.46 bits per heavy atom. The zero-order valence-corrected chi connectivity index (χ0v) is 6.96. The summed E-state index contributed by atoms with van der Waals surface area (Å²) in [6.07, 6.45) is 0. The Morgan fingerprint density at radius 2 is 2.15 bits per heavy atom.